The van der Waals surface area contributed by atoms with Crippen molar-refractivity contribution < 1.29 is 8.42 Å². The van der Waals surface area contributed by atoms with E-state index in [0.717, 1.165) is 30.4 Å². The van der Waals surface area contributed by atoms with Crippen molar-refractivity contribution in [1.29, 1.82) is 0 Å². The maximum absolute atomic E-state index is 12.6. The van der Waals surface area contributed by atoms with Crippen molar-refractivity contribution in [1.82, 2.24) is 9.03 Å². The second-order valence-electron chi connectivity index (χ2n) is 6.25. The molecule has 1 aliphatic heterocycles. The number of nitrogens with zero attached hydrogens (tertiary/aromatic N) is 1. The number of nitrogens with one attached hydrogen (secondary N) is 1. The summed E-state index contributed by atoms with van der Waals surface area (Å²) in [6.45, 7) is 3.36. The molecule has 0 spiro atoms. The summed E-state index contributed by atoms with van der Waals surface area (Å²) in [5.41, 5.74) is 8.30. The number of nitrogens with two attached hydrogens (primary N) is 1. The van der Waals surface area contributed by atoms with Crippen molar-refractivity contribution >= 4 is 10.2 Å². The van der Waals surface area contributed by atoms with Gasteiger partial charge in [-0.1, -0.05) is 31.2 Å². The molecule has 2 aliphatic rings. The van der Waals surface area contributed by atoms with E-state index in [1.165, 1.54) is 0 Å². The van der Waals surface area contributed by atoms with Gasteiger partial charge in [-0.3, -0.25) is 0 Å². The lowest BCUT2D eigenvalue weighted by Crippen LogP contribution is -2.48. The molecule has 1 aliphatic carbocycles. The van der Waals surface area contributed by atoms with Crippen LogP contribution in [0.25, 0.3) is 0 Å². The molecule has 0 aromatic heterocycles. The van der Waals surface area contributed by atoms with Crippen molar-refractivity contribution in [2.45, 2.75) is 38.3 Å². The second kappa shape index (κ2) is 5.68. The van der Waals surface area contributed by atoms with Gasteiger partial charge < -0.3 is 5.73 Å². The SMILES string of the molecule is CC1CCN(S(=O)(=O)NC2c3ccccc3CC2N)CC1. The number of piperidine rings is 1. The lowest BCUT2D eigenvalue weighted by atomic mass is 10.0. The van der Waals surface area contributed by atoms with Gasteiger partial charge in [-0.05, 0) is 36.3 Å². The van der Waals surface area contributed by atoms with Gasteiger partial charge in [0.05, 0.1) is 6.04 Å². The highest BCUT2D eigenvalue weighted by Crippen LogP contribution is 2.31. The maximum Gasteiger partial charge on any atom is 0.280 e. The Kier molecular flexibility index (Phi) is 4.05. The molecule has 1 fully saturated rings. The Morgan fingerprint density at radius 3 is 2.62 bits per heavy atom. The molecule has 2 unspecified atom stereocenters. The van der Waals surface area contributed by atoms with Gasteiger partial charge in [-0.15, -0.1) is 0 Å². The molecule has 1 aromatic rings. The molecule has 0 amide bonds. The minimum absolute atomic E-state index is 0.194. The standard InChI is InChI=1S/C15H23N3O2S/c1-11-6-8-18(9-7-11)21(19,20)17-15-13-5-3-2-4-12(13)10-14(15)16/h2-5,11,14-15,17H,6-10,16H2,1H3. The molecule has 1 aromatic carbocycles. The minimum Gasteiger partial charge on any atom is -0.326 e. The van der Waals surface area contributed by atoms with Crippen LogP contribution in [0.2, 0.25) is 0 Å². The van der Waals surface area contributed by atoms with E-state index in [1.807, 2.05) is 24.3 Å². The van der Waals surface area contributed by atoms with E-state index < -0.39 is 10.2 Å². The van der Waals surface area contributed by atoms with Crippen LogP contribution in [0.1, 0.15) is 36.9 Å². The van der Waals surface area contributed by atoms with Gasteiger partial charge in [0.2, 0.25) is 0 Å². The average molecular weight is 309 g/mol. The summed E-state index contributed by atoms with van der Waals surface area (Å²) in [5.74, 6) is 0.603. The van der Waals surface area contributed by atoms with Crippen LogP contribution in [-0.2, 0) is 16.6 Å². The Balaban J connectivity index is 1.77. The molecule has 3 N–H and O–H groups in total. The van der Waals surface area contributed by atoms with Gasteiger partial charge in [-0.2, -0.15) is 17.4 Å². The Morgan fingerprint density at radius 1 is 1.24 bits per heavy atom. The number of fused-ring (bicyclic) bond motifs is 1. The predicted molar refractivity (Wildman–Crippen MR) is 82.9 cm³/mol. The van der Waals surface area contributed by atoms with E-state index in [1.54, 1.807) is 4.31 Å². The zero-order valence-corrected chi connectivity index (χ0v) is 13.1. The van der Waals surface area contributed by atoms with Crippen molar-refractivity contribution in [3.8, 4) is 0 Å². The van der Waals surface area contributed by atoms with Crippen LogP contribution < -0.4 is 10.5 Å². The van der Waals surface area contributed by atoms with Crippen LogP contribution in [0.3, 0.4) is 0 Å². The van der Waals surface area contributed by atoms with Crippen molar-refractivity contribution in [3.05, 3.63) is 35.4 Å². The van der Waals surface area contributed by atoms with Gasteiger partial charge in [0.15, 0.2) is 0 Å². The quantitative estimate of drug-likeness (QED) is 0.880. The summed E-state index contributed by atoms with van der Waals surface area (Å²) in [4.78, 5) is 0. The maximum atomic E-state index is 12.6. The fraction of sp³-hybridized carbons (Fsp3) is 0.600. The zero-order chi connectivity index (χ0) is 15.0. The summed E-state index contributed by atoms with van der Waals surface area (Å²) in [6.07, 6.45) is 2.57. The second-order valence-corrected chi connectivity index (χ2v) is 7.95. The van der Waals surface area contributed by atoms with Gasteiger partial charge in [0.1, 0.15) is 0 Å². The highest BCUT2D eigenvalue weighted by molar-refractivity contribution is 7.87. The van der Waals surface area contributed by atoms with Gasteiger partial charge in [0, 0.05) is 19.1 Å². The molecule has 5 nitrogen and oxygen atoms in total. The molecule has 3 rings (SSSR count). The number of hydrogen-bond donors (Lipinski definition) is 2. The summed E-state index contributed by atoms with van der Waals surface area (Å²) in [7, 11) is -3.46. The summed E-state index contributed by atoms with van der Waals surface area (Å²) < 4.78 is 29.5. The highest BCUT2D eigenvalue weighted by Gasteiger charge is 2.35. The van der Waals surface area contributed by atoms with Crippen molar-refractivity contribution in [2.24, 2.45) is 11.7 Å². The fourth-order valence-corrected chi connectivity index (χ4v) is 4.70. The Morgan fingerprint density at radius 2 is 1.90 bits per heavy atom. The topological polar surface area (TPSA) is 75.4 Å². The van der Waals surface area contributed by atoms with Crippen LogP contribution >= 0.6 is 0 Å². The fourth-order valence-electron chi connectivity index (χ4n) is 3.24. The normalized spacial score (nSPS) is 27.7. The summed E-state index contributed by atoms with van der Waals surface area (Å²) in [5, 5.41) is 0. The summed E-state index contributed by atoms with van der Waals surface area (Å²) in [6, 6.07) is 7.38. The Bertz CT molecular complexity index is 609. The minimum atomic E-state index is -3.46. The molecular weight excluding hydrogens is 286 g/mol. The highest BCUT2D eigenvalue weighted by atomic mass is 32.2. The molecule has 2 atom stereocenters. The van der Waals surface area contributed by atoms with E-state index >= 15 is 0 Å². The summed E-state index contributed by atoms with van der Waals surface area (Å²) >= 11 is 0. The Hall–Kier alpha value is -0.950. The molecule has 1 saturated heterocycles. The van der Waals surface area contributed by atoms with E-state index in [9.17, 15) is 8.42 Å². The largest absolute Gasteiger partial charge is 0.326 e. The third-order valence-electron chi connectivity index (χ3n) is 4.63. The van der Waals surface area contributed by atoms with Gasteiger partial charge in [-0.25, -0.2) is 0 Å². The molecule has 0 radical (unpaired) electrons. The van der Waals surface area contributed by atoms with Crippen molar-refractivity contribution in [2.75, 3.05) is 13.1 Å². The third kappa shape index (κ3) is 2.99. The molecule has 21 heavy (non-hydrogen) atoms. The first-order valence-corrected chi connectivity index (χ1v) is 9.02. The van der Waals surface area contributed by atoms with E-state index in [4.69, 9.17) is 5.73 Å². The molecule has 6 heteroatoms. The zero-order valence-electron chi connectivity index (χ0n) is 12.3. The lowest BCUT2D eigenvalue weighted by Gasteiger charge is -2.31. The lowest BCUT2D eigenvalue weighted by molar-refractivity contribution is 0.282. The molecule has 0 saturated carbocycles. The van der Waals surface area contributed by atoms with Crippen molar-refractivity contribution in [3.63, 3.8) is 0 Å². The van der Waals surface area contributed by atoms with Crippen LogP contribution in [0, 0.1) is 5.92 Å². The van der Waals surface area contributed by atoms with Gasteiger partial charge >= 0.3 is 0 Å². The molecule has 1 heterocycles. The van der Waals surface area contributed by atoms with E-state index in [0.29, 0.717) is 19.0 Å². The number of rotatable bonds is 3. The van der Waals surface area contributed by atoms with Gasteiger partial charge in [0.25, 0.3) is 10.2 Å². The predicted octanol–water partition coefficient (Wildman–Crippen LogP) is 1.18. The van der Waals surface area contributed by atoms with Crippen LogP contribution in [0.4, 0.5) is 0 Å². The first kappa shape index (κ1) is 15.0. The monoisotopic (exact) mass is 309 g/mol. The van der Waals surface area contributed by atoms with Crippen LogP contribution in [0.15, 0.2) is 24.3 Å². The molecular formula is C15H23N3O2S. The first-order valence-electron chi connectivity index (χ1n) is 7.58. The Labute approximate surface area is 126 Å². The molecule has 116 valence electrons. The number of hydrogen-bond acceptors (Lipinski definition) is 3. The van der Waals surface area contributed by atoms with E-state index in [-0.39, 0.29) is 12.1 Å². The smallest absolute Gasteiger partial charge is 0.280 e. The van der Waals surface area contributed by atoms with Crippen LogP contribution in [-0.4, -0.2) is 31.9 Å². The molecule has 0 bridgehead atoms. The number of benzene rings is 1. The third-order valence-corrected chi connectivity index (χ3v) is 6.23. The average Bonchev–Trinajstić information content (AvgIpc) is 2.75. The first-order chi connectivity index (χ1) is 9.97. The van der Waals surface area contributed by atoms with Crippen LogP contribution in [0.5, 0.6) is 0 Å². The van der Waals surface area contributed by atoms with E-state index in [2.05, 4.69) is 11.6 Å².